The summed E-state index contributed by atoms with van der Waals surface area (Å²) in [6.07, 6.45) is -0.312. The number of nitrogens with zero attached hydrogens (tertiary/aromatic N) is 2. The third kappa shape index (κ3) is 5.44. The molecule has 0 bridgehead atoms. The molecule has 1 aliphatic heterocycles. The Kier molecular flexibility index (Phi) is 7.11. The zero-order valence-electron chi connectivity index (χ0n) is 19.5. The summed E-state index contributed by atoms with van der Waals surface area (Å²) >= 11 is 0. The highest BCUT2D eigenvalue weighted by atomic mass is 32.2. The van der Waals surface area contributed by atoms with Crippen LogP contribution in [0.3, 0.4) is 0 Å². The molecule has 2 aromatic carbocycles. The second-order valence-corrected chi connectivity index (χ2v) is 11.0. The van der Waals surface area contributed by atoms with E-state index >= 15 is 0 Å². The molecule has 34 heavy (non-hydrogen) atoms. The van der Waals surface area contributed by atoms with Crippen LogP contribution in [0, 0.1) is 5.82 Å². The van der Waals surface area contributed by atoms with Crippen molar-refractivity contribution in [1.82, 2.24) is 14.5 Å². The van der Waals surface area contributed by atoms with E-state index in [1.165, 1.54) is 47.4 Å². The second-order valence-electron chi connectivity index (χ2n) is 9.19. The zero-order valence-corrected chi connectivity index (χ0v) is 20.4. The topological polar surface area (TPSA) is 104 Å². The van der Waals surface area contributed by atoms with Crippen LogP contribution in [0.25, 0.3) is 0 Å². The van der Waals surface area contributed by atoms with E-state index in [0.29, 0.717) is 9.87 Å². The van der Waals surface area contributed by atoms with E-state index in [9.17, 15) is 27.2 Å². The largest absolute Gasteiger partial charge is 0.350 e. The van der Waals surface area contributed by atoms with Crippen LogP contribution < -0.4 is 5.32 Å². The maximum Gasteiger partial charge on any atom is 0.269 e. The Labute approximate surface area is 198 Å². The first kappa shape index (κ1) is 25.4. The van der Waals surface area contributed by atoms with Gasteiger partial charge in [0.15, 0.2) is 0 Å². The van der Waals surface area contributed by atoms with Gasteiger partial charge in [-0.1, -0.05) is 24.3 Å². The Morgan fingerprint density at radius 2 is 1.71 bits per heavy atom. The highest BCUT2D eigenvalue weighted by Gasteiger charge is 2.41. The summed E-state index contributed by atoms with van der Waals surface area (Å²) in [6, 6.07) is 10.5. The van der Waals surface area contributed by atoms with Gasteiger partial charge in [-0.05, 0) is 57.5 Å². The summed E-state index contributed by atoms with van der Waals surface area (Å²) in [5, 5.41) is 2.83. The number of benzene rings is 2. The fraction of sp³-hybridized carbons (Fsp3) is 0.375. The number of hydrogen-bond donors (Lipinski definition) is 1. The van der Waals surface area contributed by atoms with E-state index in [-0.39, 0.29) is 35.9 Å². The van der Waals surface area contributed by atoms with Gasteiger partial charge >= 0.3 is 0 Å². The average molecular weight is 490 g/mol. The van der Waals surface area contributed by atoms with Gasteiger partial charge in [0.05, 0.1) is 5.56 Å². The van der Waals surface area contributed by atoms with Crippen molar-refractivity contribution in [1.29, 1.82) is 0 Å². The van der Waals surface area contributed by atoms with Gasteiger partial charge in [-0.15, -0.1) is 0 Å². The minimum absolute atomic E-state index is 0.0127. The van der Waals surface area contributed by atoms with Crippen molar-refractivity contribution in [2.75, 3.05) is 6.54 Å². The van der Waals surface area contributed by atoms with Crippen LogP contribution in [-0.4, -0.2) is 53.5 Å². The van der Waals surface area contributed by atoms with Crippen molar-refractivity contribution >= 4 is 27.7 Å². The molecule has 2 aromatic rings. The number of nitrogens with one attached hydrogen (secondary N) is 1. The summed E-state index contributed by atoms with van der Waals surface area (Å²) in [7, 11) is -4.05. The minimum atomic E-state index is -4.05. The third-order valence-corrected chi connectivity index (χ3v) is 7.21. The first-order chi connectivity index (χ1) is 15.8. The van der Waals surface area contributed by atoms with Gasteiger partial charge in [0, 0.05) is 25.0 Å². The fourth-order valence-corrected chi connectivity index (χ4v) is 5.21. The van der Waals surface area contributed by atoms with Gasteiger partial charge in [-0.2, -0.15) is 0 Å². The molecular weight excluding hydrogens is 461 g/mol. The molecule has 1 atom stereocenters. The molecule has 0 aromatic heterocycles. The van der Waals surface area contributed by atoms with Crippen LogP contribution in [-0.2, 0) is 26.2 Å². The van der Waals surface area contributed by atoms with E-state index < -0.39 is 39.2 Å². The van der Waals surface area contributed by atoms with Crippen LogP contribution in [0.5, 0.6) is 0 Å². The highest BCUT2D eigenvalue weighted by molar-refractivity contribution is 7.90. The summed E-state index contributed by atoms with van der Waals surface area (Å²) in [5.41, 5.74) is 0.135. The molecule has 0 saturated carbocycles. The molecule has 1 aliphatic rings. The lowest BCUT2D eigenvalue weighted by Crippen LogP contribution is -2.52. The van der Waals surface area contributed by atoms with Crippen LogP contribution in [0.2, 0.25) is 0 Å². The summed E-state index contributed by atoms with van der Waals surface area (Å²) in [6.45, 7) is 6.65. The molecule has 0 saturated heterocycles. The molecule has 3 amide bonds. The van der Waals surface area contributed by atoms with Gasteiger partial charge in [-0.25, -0.2) is 17.1 Å². The second kappa shape index (κ2) is 9.54. The maximum atomic E-state index is 13.3. The van der Waals surface area contributed by atoms with Crippen molar-refractivity contribution in [3.8, 4) is 0 Å². The monoisotopic (exact) mass is 489 g/mol. The Hall–Kier alpha value is -3.27. The predicted molar refractivity (Wildman–Crippen MR) is 124 cm³/mol. The number of carbonyl (C=O) groups excluding carboxylic acids is 3. The van der Waals surface area contributed by atoms with Crippen molar-refractivity contribution in [3.05, 3.63) is 65.5 Å². The maximum absolute atomic E-state index is 13.3. The summed E-state index contributed by atoms with van der Waals surface area (Å²) < 4.78 is 39.6. The number of halogens is 1. The lowest BCUT2D eigenvalue weighted by atomic mass is 10.1. The fourth-order valence-electron chi connectivity index (χ4n) is 3.64. The van der Waals surface area contributed by atoms with Gasteiger partial charge in [-0.3, -0.25) is 14.4 Å². The van der Waals surface area contributed by atoms with E-state index in [2.05, 4.69) is 5.32 Å². The van der Waals surface area contributed by atoms with E-state index in [1.807, 2.05) is 20.8 Å². The van der Waals surface area contributed by atoms with Crippen molar-refractivity contribution in [2.24, 2.45) is 0 Å². The molecule has 0 fully saturated rings. The van der Waals surface area contributed by atoms with Crippen LogP contribution in [0.1, 0.15) is 50.0 Å². The molecule has 3 rings (SSSR count). The Morgan fingerprint density at radius 1 is 1.09 bits per heavy atom. The van der Waals surface area contributed by atoms with Crippen molar-refractivity contribution in [3.63, 3.8) is 0 Å². The molecular formula is C24H28FN3O5S. The quantitative estimate of drug-likeness (QED) is 0.644. The first-order valence-electron chi connectivity index (χ1n) is 10.8. The molecule has 10 heteroatoms. The molecule has 8 nitrogen and oxygen atoms in total. The van der Waals surface area contributed by atoms with Crippen LogP contribution in [0.15, 0.2) is 53.4 Å². The van der Waals surface area contributed by atoms with Gasteiger partial charge < -0.3 is 10.2 Å². The highest BCUT2D eigenvalue weighted by Crippen LogP contribution is 2.30. The Morgan fingerprint density at radius 3 is 2.29 bits per heavy atom. The van der Waals surface area contributed by atoms with Gasteiger partial charge in [0.2, 0.25) is 11.8 Å². The van der Waals surface area contributed by atoms with E-state index in [0.717, 1.165) is 0 Å². The zero-order chi connectivity index (χ0) is 25.3. The molecule has 0 radical (unpaired) electrons. The van der Waals surface area contributed by atoms with E-state index in [4.69, 9.17) is 0 Å². The van der Waals surface area contributed by atoms with Gasteiger partial charge in [0.1, 0.15) is 16.8 Å². The number of rotatable bonds is 7. The molecule has 1 N–H and O–H groups in total. The smallest absolute Gasteiger partial charge is 0.269 e. The Balaban J connectivity index is 1.80. The number of sulfonamides is 1. The molecule has 0 spiro atoms. The lowest BCUT2D eigenvalue weighted by molar-refractivity contribution is -0.141. The van der Waals surface area contributed by atoms with E-state index in [1.54, 1.807) is 13.0 Å². The third-order valence-electron chi connectivity index (χ3n) is 5.37. The summed E-state index contributed by atoms with van der Waals surface area (Å²) in [5.74, 6) is -2.02. The molecule has 182 valence electrons. The first-order valence-corrected chi connectivity index (χ1v) is 12.3. The molecule has 0 aliphatic carbocycles. The van der Waals surface area contributed by atoms with Gasteiger partial charge in [0.25, 0.3) is 15.9 Å². The lowest BCUT2D eigenvalue weighted by Gasteiger charge is -2.32. The normalized spacial score (nSPS) is 15.6. The molecule has 1 heterocycles. The summed E-state index contributed by atoms with van der Waals surface area (Å²) in [4.78, 5) is 39.8. The number of hydrogen-bond acceptors (Lipinski definition) is 5. The number of carbonyl (C=O) groups is 3. The minimum Gasteiger partial charge on any atom is -0.350 e. The Bertz CT molecular complexity index is 1210. The van der Waals surface area contributed by atoms with Crippen LogP contribution >= 0.6 is 0 Å². The predicted octanol–water partition coefficient (Wildman–Crippen LogP) is 2.69. The van der Waals surface area contributed by atoms with Crippen LogP contribution in [0.4, 0.5) is 4.39 Å². The average Bonchev–Trinajstić information content (AvgIpc) is 2.95. The molecule has 0 unspecified atom stereocenters. The SMILES string of the molecule is C[C@@H](C(=O)NC(C)(C)C)N(Cc1ccc(F)cc1)C(=O)CCN1C(=O)c2ccccc2S1(=O)=O. The number of fused-ring (bicyclic) bond motifs is 1. The van der Waals surface area contributed by atoms with Crippen molar-refractivity contribution < 1.29 is 27.2 Å². The van der Waals surface area contributed by atoms with Crippen molar-refractivity contribution in [2.45, 2.75) is 57.1 Å². The number of amides is 3. The standard InChI is InChI=1S/C24H28FN3O5S/c1-16(22(30)26-24(2,3)4)27(15-17-9-11-18(25)12-10-17)21(29)13-14-28-23(31)19-7-5-6-8-20(19)34(28,32)33/h5-12,16H,13-15H2,1-4H3,(H,26,30)/t16-/m0/s1.